The van der Waals surface area contributed by atoms with Crippen molar-refractivity contribution < 1.29 is 27.5 Å². The monoisotopic (exact) mass is 203 g/mol. The highest BCUT2D eigenvalue weighted by Gasteiger charge is 2.37. The summed E-state index contributed by atoms with van der Waals surface area (Å²) in [5, 5.41) is 9.84. The Bertz CT molecular complexity index is 174. The Hall–Kier alpha value is -0.850. The quantitative estimate of drug-likeness (QED) is 0.499. The molecule has 3 nitrogen and oxygen atoms in total. The predicted molar refractivity (Wildman–Crippen MR) is 36.1 cm³/mol. The summed E-state index contributed by atoms with van der Waals surface area (Å²) in [5.41, 5.74) is 0. The average molecular weight is 203 g/mol. The number of carboxylic acid groups (broad SMARTS) is 1. The fourth-order valence-electron chi connectivity index (χ4n) is 0.532. The second-order valence-corrected chi connectivity index (χ2v) is 2.37. The van der Waals surface area contributed by atoms with Crippen LogP contribution in [0.25, 0.3) is 0 Å². The lowest BCUT2D eigenvalue weighted by molar-refractivity contribution is -0.164. The van der Waals surface area contributed by atoms with Gasteiger partial charge in [-0.25, -0.2) is 13.6 Å². The highest BCUT2D eigenvalue weighted by atomic mass is 19.3. The molecule has 0 aliphatic carbocycles. The lowest BCUT2D eigenvalue weighted by Crippen LogP contribution is -2.40. The third kappa shape index (κ3) is 5.40. The van der Waals surface area contributed by atoms with E-state index in [-0.39, 0.29) is 6.54 Å². The number of alkyl halides is 4. The van der Waals surface area contributed by atoms with E-state index in [9.17, 15) is 22.4 Å². The number of carbonyl (C=O) groups is 1. The summed E-state index contributed by atoms with van der Waals surface area (Å²) in [6, 6.07) is 0. The molecule has 0 aliphatic heterocycles. The van der Waals surface area contributed by atoms with Gasteiger partial charge in [-0.15, -0.1) is 0 Å². The van der Waals surface area contributed by atoms with Gasteiger partial charge in [0.1, 0.15) is 0 Å². The van der Waals surface area contributed by atoms with E-state index in [1.807, 2.05) is 5.32 Å². The molecule has 0 aromatic carbocycles. The first kappa shape index (κ1) is 12.2. The van der Waals surface area contributed by atoms with Crippen molar-refractivity contribution in [2.45, 2.75) is 18.8 Å². The predicted octanol–water partition coefficient (Wildman–Crippen LogP) is 0.951. The van der Waals surface area contributed by atoms with Crippen LogP contribution in [0.15, 0.2) is 0 Å². The van der Waals surface area contributed by atoms with Crippen molar-refractivity contribution in [3.63, 3.8) is 0 Å². The summed E-state index contributed by atoms with van der Waals surface area (Å²) in [5.74, 6) is -6.17. The lowest BCUT2D eigenvalue weighted by atomic mass is 10.3. The molecule has 0 saturated heterocycles. The van der Waals surface area contributed by atoms with Crippen LogP contribution in [0.3, 0.4) is 0 Å². The minimum Gasteiger partial charge on any atom is -0.477 e. The number of hydrogen-bond acceptors (Lipinski definition) is 2. The van der Waals surface area contributed by atoms with Gasteiger partial charge in [-0.2, -0.15) is 8.78 Å². The minimum absolute atomic E-state index is 0.333. The zero-order chi connectivity index (χ0) is 10.5. The number of aliphatic carboxylic acids is 1. The SMILES string of the molecule is O=C(O)C(F)(F)CNCCC(F)F. The molecule has 0 fully saturated rings. The number of rotatable bonds is 6. The van der Waals surface area contributed by atoms with Crippen molar-refractivity contribution in [1.82, 2.24) is 5.32 Å². The molecule has 0 amide bonds. The average Bonchev–Trinajstić information content (AvgIpc) is 1.97. The molecule has 13 heavy (non-hydrogen) atoms. The molecule has 0 saturated carbocycles. The van der Waals surface area contributed by atoms with E-state index in [0.717, 1.165) is 0 Å². The van der Waals surface area contributed by atoms with E-state index in [4.69, 9.17) is 5.11 Å². The molecule has 0 rings (SSSR count). The van der Waals surface area contributed by atoms with Gasteiger partial charge in [0.25, 0.3) is 0 Å². The van der Waals surface area contributed by atoms with Crippen LogP contribution in [0.2, 0.25) is 0 Å². The van der Waals surface area contributed by atoms with Gasteiger partial charge in [0.05, 0.1) is 6.54 Å². The molecule has 0 spiro atoms. The third-order valence-electron chi connectivity index (χ3n) is 1.20. The maximum absolute atomic E-state index is 12.2. The number of halogens is 4. The van der Waals surface area contributed by atoms with E-state index in [1.165, 1.54) is 0 Å². The van der Waals surface area contributed by atoms with E-state index >= 15 is 0 Å². The van der Waals surface area contributed by atoms with Gasteiger partial charge in [-0.3, -0.25) is 0 Å². The Morgan fingerprint density at radius 2 is 2.00 bits per heavy atom. The van der Waals surface area contributed by atoms with Gasteiger partial charge in [0.2, 0.25) is 6.43 Å². The van der Waals surface area contributed by atoms with Crippen LogP contribution in [-0.2, 0) is 4.79 Å². The zero-order valence-corrected chi connectivity index (χ0v) is 6.57. The molecule has 0 atom stereocenters. The fraction of sp³-hybridized carbons (Fsp3) is 0.833. The molecular weight excluding hydrogens is 194 g/mol. The van der Waals surface area contributed by atoms with Gasteiger partial charge in [0.15, 0.2) is 0 Å². The van der Waals surface area contributed by atoms with E-state index < -0.39 is 31.3 Å². The second kappa shape index (κ2) is 5.00. The van der Waals surface area contributed by atoms with Crippen LogP contribution in [-0.4, -0.2) is 36.5 Å². The maximum Gasteiger partial charge on any atom is 0.375 e. The van der Waals surface area contributed by atoms with Crippen LogP contribution in [0.1, 0.15) is 6.42 Å². The summed E-state index contributed by atoms with van der Waals surface area (Å²) in [7, 11) is 0. The van der Waals surface area contributed by atoms with Crippen molar-refractivity contribution in [1.29, 1.82) is 0 Å². The highest BCUT2D eigenvalue weighted by molar-refractivity contribution is 5.75. The summed E-state index contributed by atoms with van der Waals surface area (Å²) in [6.07, 6.45) is -3.15. The van der Waals surface area contributed by atoms with Gasteiger partial charge >= 0.3 is 11.9 Å². The van der Waals surface area contributed by atoms with Gasteiger partial charge in [-0.05, 0) is 0 Å². The fourth-order valence-corrected chi connectivity index (χ4v) is 0.532. The summed E-state index contributed by atoms with van der Waals surface area (Å²) < 4.78 is 47.4. The molecule has 0 radical (unpaired) electrons. The Balaban J connectivity index is 3.58. The third-order valence-corrected chi connectivity index (χ3v) is 1.20. The first-order valence-corrected chi connectivity index (χ1v) is 3.46. The van der Waals surface area contributed by atoms with Gasteiger partial charge < -0.3 is 10.4 Å². The van der Waals surface area contributed by atoms with Crippen molar-refractivity contribution in [2.24, 2.45) is 0 Å². The van der Waals surface area contributed by atoms with Crippen molar-refractivity contribution in [3.05, 3.63) is 0 Å². The minimum atomic E-state index is -3.90. The largest absolute Gasteiger partial charge is 0.477 e. The molecule has 0 aromatic heterocycles. The van der Waals surface area contributed by atoms with Crippen molar-refractivity contribution in [2.75, 3.05) is 13.1 Å². The number of hydrogen-bond donors (Lipinski definition) is 2. The van der Waals surface area contributed by atoms with Crippen LogP contribution in [0.4, 0.5) is 17.6 Å². The van der Waals surface area contributed by atoms with Gasteiger partial charge in [0, 0.05) is 13.0 Å². The molecule has 2 N–H and O–H groups in total. The first-order chi connectivity index (χ1) is 5.86. The molecule has 7 heteroatoms. The zero-order valence-electron chi connectivity index (χ0n) is 6.57. The Labute approximate surface area is 71.7 Å². The standard InChI is InChI=1S/C6H9F4NO2/c7-4(8)1-2-11-3-6(9,10)5(12)13/h4,11H,1-3H2,(H,12,13). The van der Waals surface area contributed by atoms with E-state index in [0.29, 0.717) is 0 Å². The van der Waals surface area contributed by atoms with Crippen LogP contribution in [0.5, 0.6) is 0 Å². The smallest absolute Gasteiger partial charge is 0.375 e. The lowest BCUT2D eigenvalue weighted by Gasteiger charge is -2.11. The topological polar surface area (TPSA) is 49.3 Å². The maximum atomic E-state index is 12.2. The highest BCUT2D eigenvalue weighted by Crippen LogP contribution is 2.11. The molecule has 0 bridgehead atoms. The van der Waals surface area contributed by atoms with Gasteiger partial charge in [-0.1, -0.05) is 0 Å². The Kier molecular flexibility index (Phi) is 4.68. The molecule has 0 aromatic rings. The van der Waals surface area contributed by atoms with Crippen LogP contribution in [0, 0.1) is 0 Å². The summed E-state index contributed by atoms with van der Waals surface area (Å²) >= 11 is 0. The summed E-state index contributed by atoms with van der Waals surface area (Å²) in [4.78, 5) is 9.81. The van der Waals surface area contributed by atoms with E-state index in [1.54, 1.807) is 0 Å². The number of carboxylic acids is 1. The molecule has 0 heterocycles. The number of nitrogens with one attached hydrogen (secondary N) is 1. The van der Waals surface area contributed by atoms with Crippen LogP contribution < -0.4 is 5.32 Å². The van der Waals surface area contributed by atoms with Crippen LogP contribution >= 0.6 is 0 Å². The second-order valence-electron chi connectivity index (χ2n) is 2.37. The van der Waals surface area contributed by atoms with Crippen molar-refractivity contribution >= 4 is 5.97 Å². The first-order valence-electron chi connectivity index (χ1n) is 3.46. The Morgan fingerprint density at radius 1 is 1.46 bits per heavy atom. The molecule has 0 aliphatic rings. The Morgan fingerprint density at radius 3 is 2.38 bits per heavy atom. The summed E-state index contributed by atoms with van der Waals surface area (Å²) in [6.45, 7) is -1.46. The normalized spacial score (nSPS) is 12.1. The van der Waals surface area contributed by atoms with Crippen molar-refractivity contribution in [3.8, 4) is 0 Å². The van der Waals surface area contributed by atoms with E-state index in [2.05, 4.69) is 0 Å². The molecular formula is C6H9F4NO2. The molecule has 78 valence electrons. The molecule has 0 unspecified atom stereocenters.